The summed E-state index contributed by atoms with van der Waals surface area (Å²) < 4.78 is 10.1. The summed E-state index contributed by atoms with van der Waals surface area (Å²) in [6.07, 6.45) is 1.52. The van der Waals surface area contributed by atoms with Crippen LogP contribution in [-0.4, -0.2) is 36.6 Å². The van der Waals surface area contributed by atoms with Crippen LogP contribution in [0.25, 0.3) is 0 Å². The lowest BCUT2D eigenvalue weighted by atomic mass is 10.1. The first kappa shape index (κ1) is 14.0. The van der Waals surface area contributed by atoms with Crippen LogP contribution >= 0.6 is 11.8 Å². The molecule has 0 aliphatic carbocycles. The zero-order valence-electron chi connectivity index (χ0n) is 11.1. The molecule has 0 atom stereocenters. The molecule has 2 rings (SSSR count). The van der Waals surface area contributed by atoms with E-state index >= 15 is 0 Å². The molecule has 6 heteroatoms. The molecule has 0 saturated heterocycles. The molecule has 5 nitrogen and oxygen atoms in total. The lowest BCUT2D eigenvalue weighted by molar-refractivity contribution is -0.141. The SMILES string of the molecule is CCOC(=O)C1=CSC2=C(C(=O)OCC)CCCN12. The van der Waals surface area contributed by atoms with E-state index in [1.807, 2.05) is 4.90 Å². The van der Waals surface area contributed by atoms with Crippen LogP contribution in [0.4, 0.5) is 0 Å². The van der Waals surface area contributed by atoms with E-state index in [0.29, 0.717) is 30.9 Å². The maximum Gasteiger partial charge on any atom is 0.355 e. The van der Waals surface area contributed by atoms with Crippen molar-refractivity contribution in [1.29, 1.82) is 0 Å². The first-order valence-corrected chi connectivity index (χ1v) is 7.28. The van der Waals surface area contributed by atoms with Crippen molar-refractivity contribution >= 4 is 23.7 Å². The summed E-state index contributed by atoms with van der Waals surface area (Å²) in [7, 11) is 0. The molecule has 0 spiro atoms. The minimum Gasteiger partial charge on any atom is -0.463 e. The molecule has 0 amide bonds. The van der Waals surface area contributed by atoms with E-state index in [0.717, 1.165) is 18.0 Å². The van der Waals surface area contributed by atoms with E-state index < -0.39 is 0 Å². The Labute approximate surface area is 116 Å². The van der Waals surface area contributed by atoms with E-state index in [9.17, 15) is 9.59 Å². The Bertz CT molecular complexity index is 456. The molecule has 2 heterocycles. The molecule has 0 saturated carbocycles. The topological polar surface area (TPSA) is 55.8 Å². The van der Waals surface area contributed by atoms with Gasteiger partial charge >= 0.3 is 11.9 Å². The lowest BCUT2D eigenvalue weighted by Gasteiger charge is -2.28. The van der Waals surface area contributed by atoms with Crippen LogP contribution in [0.5, 0.6) is 0 Å². The zero-order valence-corrected chi connectivity index (χ0v) is 11.9. The summed E-state index contributed by atoms with van der Waals surface area (Å²) in [6, 6.07) is 0. The second kappa shape index (κ2) is 6.14. The van der Waals surface area contributed by atoms with Crippen molar-refractivity contribution in [3.63, 3.8) is 0 Å². The normalized spacial score (nSPS) is 18.0. The molecule has 0 radical (unpaired) electrons. The molecule has 2 aliphatic rings. The van der Waals surface area contributed by atoms with E-state index in [1.54, 1.807) is 19.3 Å². The van der Waals surface area contributed by atoms with Crippen LogP contribution in [0.15, 0.2) is 21.7 Å². The minimum absolute atomic E-state index is 0.284. The Hall–Kier alpha value is -1.43. The number of nitrogens with zero attached hydrogens (tertiary/aromatic N) is 1. The molecule has 0 N–H and O–H groups in total. The van der Waals surface area contributed by atoms with Crippen molar-refractivity contribution in [1.82, 2.24) is 4.90 Å². The fourth-order valence-electron chi connectivity index (χ4n) is 2.10. The Balaban J connectivity index is 2.20. The maximum atomic E-state index is 11.9. The second-order valence-electron chi connectivity index (χ2n) is 4.10. The highest BCUT2D eigenvalue weighted by atomic mass is 32.2. The van der Waals surface area contributed by atoms with Crippen molar-refractivity contribution in [2.45, 2.75) is 26.7 Å². The third-order valence-corrected chi connectivity index (χ3v) is 3.92. The van der Waals surface area contributed by atoms with Gasteiger partial charge in [-0.25, -0.2) is 9.59 Å². The van der Waals surface area contributed by atoms with Crippen molar-refractivity contribution in [3.8, 4) is 0 Å². The largest absolute Gasteiger partial charge is 0.463 e. The predicted octanol–water partition coefficient (Wildman–Crippen LogP) is 2.01. The summed E-state index contributed by atoms with van der Waals surface area (Å²) in [5.41, 5.74) is 1.18. The number of thioether (sulfide) groups is 1. The van der Waals surface area contributed by atoms with Crippen LogP contribution < -0.4 is 0 Å². The first-order valence-electron chi connectivity index (χ1n) is 6.40. The highest BCUT2D eigenvalue weighted by Crippen LogP contribution is 2.41. The Morgan fingerprint density at radius 3 is 2.63 bits per heavy atom. The standard InChI is InChI=1S/C13H17NO4S/c1-3-17-12(15)9-6-5-7-14-10(8-19-11(9)14)13(16)18-4-2/h8H,3-7H2,1-2H3. The highest BCUT2D eigenvalue weighted by molar-refractivity contribution is 8.06. The Morgan fingerprint density at radius 2 is 1.95 bits per heavy atom. The monoisotopic (exact) mass is 283 g/mol. The number of fused-ring (bicyclic) bond motifs is 1. The van der Waals surface area contributed by atoms with Crippen LogP contribution in [0.3, 0.4) is 0 Å². The van der Waals surface area contributed by atoms with Gasteiger partial charge in [0.2, 0.25) is 0 Å². The lowest BCUT2D eigenvalue weighted by Crippen LogP contribution is -2.30. The minimum atomic E-state index is -0.338. The van der Waals surface area contributed by atoms with Crippen LogP contribution in [0.1, 0.15) is 26.7 Å². The summed E-state index contributed by atoms with van der Waals surface area (Å²) >= 11 is 1.39. The van der Waals surface area contributed by atoms with Crippen LogP contribution in [0.2, 0.25) is 0 Å². The van der Waals surface area contributed by atoms with Gasteiger partial charge < -0.3 is 14.4 Å². The van der Waals surface area contributed by atoms with Gasteiger partial charge in [-0.3, -0.25) is 0 Å². The molecule has 0 unspecified atom stereocenters. The fourth-order valence-corrected chi connectivity index (χ4v) is 3.19. The number of esters is 2. The third kappa shape index (κ3) is 2.78. The van der Waals surface area contributed by atoms with Crippen molar-refractivity contribution in [2.24, 2.45) is 0 Å². The van der Waals surface area contributed by atoms with Crippen LogP contribution in [0, 0.1) is 0 Å². The van der Waals surface area contributed by atoms with Gasteiger partial charge in [0.15, 0.2) is 0 Å². The predicted molar refractivity (Wildman–Crippen MR) is 71.9 cm³/mol. The number of hydrogen-bond donors (Lipinski definition) is 0. The van der Waals surface area contributed by atoms with Gasteiger partial charge in [0.05, 0.1) is 23.8 Å². The maximum absolute atomic E-state index is 11.9. The van der Waals surface area contributed by atoms with Gasteiger partial charge in [-0.2, -0.15) is 0 Å². The van der Waals surface area contributed by atoms with Gasteiger partial charge in [-0.05, 0) is 26.7 Å². The average molecular weight is 283 g/mol. The molecule has 0 aromatic rings. The van der Waals surface area contributed by atoms with E-state index in [4.69, 9.17) is 9.47 Å². The number of hydrogen-bond acceptors (Lipinski definition) is 6. The molecular formula is C13H17NO4S. The molecule has 104 valence electrons. The van der Waals surface area contributed by atoms with Crippen molar-refractivity contribution in [3.05, 3.63) is 21.7 Å². The third-order valence-electron chi connectivity index (χ3n) is 2.89. The van der Waals surface area contributed by atoms with Gasteiger partial charge in [-0.15, -0.1) is 0 Å². The molecule has 2 aliphatic heterocycles. The number of carbonyl (C=O) groups is 2. The summed E-state index contributed by atoms with van der Waals surface area (Å²) in [4.78, 5) is 25.6. The molecule has 0 aromatic carbocycles. The summed E-state index contributed by atoms with van der Waals surface area (Å²) in [6.45, 7) is 5.00. The van der Waals surface area contributed by atoms with E-state index in [-0.39, 0.29) is 11.9 Å². The van der Waals surface area contributed by atoms with E-state index in [1.165, 1.54) is 11.8 Å². The average Bonchev–Trinajstić information content (AvgIpc) is 2.82. The first-order chi connectivity index (χ1) is 9.19. The molecule has 0 bridgehead atoms. The highest BCUT2D eigenvalue weighted by Gasteiger charge is 2.34. The Kier molecular flexibility index (Phi) is 4.52. The summed E-state index contributed by atoms with van der Waals surface area (Å²) in [5, 5.41) is 2.56. The smallest absolute Gasteiger partial charge is 0.355 e. The van der Waals surface area contributed by atoms with Gasteiger partial charge in [0.1, 0.15) is 5.70 Å². The Morgan fingerprint density at radius 1 is 1.26 bits per heavy atom. The van der Waals surface area contributed by atoms with Gasteiger partial charge in [0, 0.05) is 12.0 Å². The number of ether oxygens (including phenoxy) is 2. The number of rotatable bonds is 4. The van der Waals surface area contributed by atoms with Crippen molar-refractivity contribution < 1.29 is 19.1 Å². The van der Waals surface area contributed by atoms with Gasteiger partial charge in [0.25, 0.3) is 0 Å². The quantitative estimate of drug-likeness (QED) is 0.736. The zero-order chi connectivity index (χ0) is 13.8. The van der Waals surface area contributed by atoms with Crippen molar-refractivity contribution in [2.75, 3.05) is 19.8 Å². The summed E-state index contributed by atoms with van der Waals surface area (Å²) in [5.74, 6) is -0.622. The van der Waals surface area contributed by atoms with Crippen LogP contribution in [-0.2, 0) is 19.1 Å². The number of carbonyl (C=O) groups excluding carboxylic acids is 2. The molecular weight excluding hydrogens is 266 g/mol. The fraction of sp³-hybridized carbons (Fsp3) is 0.538. The molecule has 19 heavy (non-hydrogen) atoms. The molecule has 0 fully saturated rings. The van der Waals surface area contributed by atoms with E-state index in [2.05, 4.69) is 0 Å². The molecule has 0 aromatic heterocycles. The van der Waals surface area contributed by atoms with Gasteiger partial charge in [-0.1, -0.05) is 11.8 Å². The second-order valence-corrected chi connectivity index (χ2v) is 4.96.